The Morgan fingerprint density at radius 3 is 2.82 bits per heavy atom. The second-order valence-electron chi connectivity index (χ2n) is 3.23. The summed E-state index contributed by atoms with van der Waals surface area (Å²) in [5.74, 6) is 0.149. The SMILES string of the molecule is Cc1noc(NC(=O)c2cc(Br)ccc2Br)n1. The van der Waals surface area contributed by atoms with E-state index in [0.717, 1.165) is 4.47 Å². The van der Waals surface area contributed by atoms with Gasteiger partial charge < -0.3 is 4.52 Å². The van der Waals surface area contributed by atoms with Crippen molar-refractivity contribution in [2.75, 3.05) is 5.32 Å². The van der Waals surface area contributed by atoms with E-state index >= 15 is 0 Å². The number of anilines is 1. The molecule has 0 saturated carbocycles. The molecular weight excluding hydrogens is 354 g/mol. The third-order valence-corrected chi connectivity index (χ3v) is 3.11. The summed E-state index contributed by atoms with van der Waals surface area (Å²) >= 11 is 6.60. The van der Waals surface area contributed by atoms with Crippen molar-refractivity contribution in [1.82, 2.24) is 10.1 Å². The molecule has 1 N–H and O–H groups in total. The highest BCUT2D eigenvalue weighted by Gasteiger charge is 2.13. The molecule has 0 saturated heterocycles. The van der Waals surface area contributed by atoms with Crippen LogP contribution in [0, 0.1) is 6.92 Å². The van der Waals surface area contributed by atoms with Gasteiger partial charge in [0.15, 0.2) is 5.82 Å². The number of carbonyl (C=O) groups excluding carboxylic acids is 1. The molecule has 0 aliphatic carbocycles. The van der Waals surface area contributed by atoms with E-state index in [2.05, 4.69) is 47.3 Å². The van der Waals surface area contributed by atoms with Crippen molar-refractivity contribution >= 4 is 43.8 Å². The molecule has 5 nitrogen and oxygen atoms in total. The minimum Gasteiger partial charge on any atom is -0.315 e. The maximum Gasteiger partial charge on any atom is 0.328 e. The second-order valence-corrected chi connectivity index (χ2v) is 5.00. The van der Waals surface area contributed by atoms with Crippen molar-refractivity contribution in [1.29, 1.82) is 0 Å². The first kappa shape index (κ1) is 12.3. The molecule has 2 rings (SSSR count). The fraction of sp³-hybridized carbons (Fsp3) is 0.100. The number of hydrogen-bond donors (Lipinski definition) is 1. The largest absolute Gasteiger partial charge is 0.328 e. The Bertz CT molecular complexity index is 568. The Balaban J connectivity index is 2.22. The summed E-state index contributed by atoms with van der Waals surface area (Å²) in [6.45, 7) is 1.67. The van der Waals surface area contributed by atoms with E-state index in [1.165, 1.54) is 0 Å². The minimum atomic E-state index is -0.318. The summed E-state index contributed by atoms with van der Waals surface area (Å²) < 4.78 is 6.31. The van der Waals surface area contributed by atoms with E-state index in [1.807, 2.05) is 6.07 Å². The minimum absolute atomic E-state index is 0.0828. The first-order chi connectivity index (χ1) is 8.06. The summed E-state index contributed by atoms with van der Waals surface area (Å²) in [5, 5.41) is 6.10. The van der Waals surface area contributed by atoms with E-state index in [9.17, 15) is 4.79 Å². The predicted molar refractivity (Wildman–Crippen MR) is 68.8 cm³/mol. The van der Waals surface area contributed by atoms with Gasteiger partial charge in [-0.1, -0.05) is 21.1 Å². The zero-order valence-electron chi connectivity index (χ0n) is 8.70. The smallest absolute Gasteiger partial charge is 0.315 e. The van der Waals surface area contributed by atoms with Crippen LogP contribution >= 0.6 is 31.9 Å². The predicted octanol–water partition coefficient (Wildman–Crippen LogP) is 3.16. The summed E-state index contributed by atoms with van der Waals surface area (Å²) in [6.07, 6.45) is 0. The van der Waals surface area contributed by atoms with Crippen LogP contribution in [0.25, 0.3) is 0 Å². The maximum absolute atomic E-state index is 11.9. The maximum atomic E-state index is 11.9. The molecular formula is C10H7Br2N3O2. The van der Waals surface area contributed by atoms with Crippen molar-refractivity contribution in [2.45, 2.75) is 6.92 Å². The van der Waals surface area contributed by atoms with Crippen molar-refractivity contribution in [3.63, 3.8) is 0 Å². The Hall–Kier alpha value is -1.21. The summed E-state index contributed by atoms with van der Waals surface area (Å²) in [7, 11) is 0. The summed E-state index contributed by atoms with van der Waals surface area (Å²) in [6, 6.07) is 5.39. The first-order valence-corrected chi connectivity index (χ1v) is 6.21. The van der Waals surface area contributed by atoms with Crippen LogP contribution in [0.1, 0.15) is 16.2 Å². The average molecular weight is 361 g/mol. The Morgan fingerprint density at radius 2 is 2.18 bits per heavy atom. The van der Waals surface area contributed by atoms with E-state index in [1.54, 1.807) is 19.1 Å². The van der Waals surface area contributed by atoms with Crippen LogP contribution in [0.3, 0.4) is 0 Å². The molecule has 0 atom stereocenters. The number of halogens is 2. The number of aryl methyl sites for hydroxylation is 1. The molecule has 0 aliphatic rings. The highest BCUT2D eigenvalue weighted by atomic mass is 79.9. The Kier molecular flexibility index (Phi) is 3.58. The molecule has 88 valence electrons. The number of amides is 1. The number of rotatable bonds is 2. The molecule has 17 heavy (non-hydrogen) atoms. The van der Waals surface area contributed by atoms with E-state index < -0.39 is 0 Å². The molecule has 0 radical (unpaired) electrons. The number of nitrogens with one attached hydrogen (secondary N) is 1. The van der Waals surface area contributed by atoms with Crippen LogP contribution in [0.15, 0.2) is 31.7 Å². The van der Waals surface area contributed by atoms with Crippen molar-refractivity contribution in [3.8, 4) is 0 Å². The monoisotopic (exact) mass is 359 g/mol. The molecule has 0 bridgehead atoms. The van der Waals surface area contributed by atoms with Crippen LogP contribution in [0.2, 0.25) is 0 Å². The highest BCUT2D eigenvalue weighted by Crippen LogP contribution is 2.22. The molecule has 1 aromatic carbocycles. The second kappa shape index (κ2) is 4.97. The molecule has 0 spiro atoms. The van der Waals surface area contributed by atoms with Crippen LogP contribution < -0.4 is 5.32 Å². The van der Waals surface area contributed by atoms with Gasteiger partial charge >= 0.3 is 6.01 Å². The van der Waals surface area contributed by atoms with Gasteiger partial charge in [-0.2, -0.15) is 4.98 Å². The van der Waals surface area contributed by atoms with Crippen LogP contribution in [0.4, 0.5) is 6.01 Å². The van der Waals surface area contributed by atoms with E-state index in [4.69, 9.17) is 4.52 Å². The Morgan fingerprint density at radius 1 is 1.41 bits per heavy atom. The lowest BCUT2D eigenvalue weighted by molar-refractivity contribution is 0.102. The summed E-state index contributed by atoms with van der Waals surface area (Å²) in [4.78, 5) is 15.8. The standard InChI is InChI=1S/C10H7Br2N3O2/c1-5-13-10(17-15-5)14-9(16)7-4-6(11)2-3-8(7)12/h2-4H,1H3,(H,13,14,15,16). The number of hydrogen-bond acceptors (Lipinski definition) is 4. The average Bonchev–Trinajstić information content (AvgIpc) is 2.67. The quantitative estimate of drug-likeness (QED) is 0.893. The molecule has 1 heterocycles. The van der Waals surface area contributed by atoms with Crippen molar-refractivity contribution < 1.29 is 9.32 Å². The van der Waals surface area contributed by atoms with Crippen LogP contribution in [-0.4, -0.2) is 16.0 Å². The molecule has 1 aromatic heterocycles. The number of carbonyl (C=O) groups is 1. The van der Waals surface area contributed by atoms with Crippen LogP contribution in [-0.2, 0) is 0 Å². The lowest BCUT2D eigenvalue weighted by Crippen LogP contribution is -2.12. The fourth-order valence-electron chi connectivity index (χ4n) is 1.18. The van der Waals surface area contributed by atoms with Crippen molar-refractivity contribution in [3.05, 3.63) is 38.5 Å². The normalized spacial score (nSPS) is 10.3. The van der Waals surface area contributed by atoms with Crippen LogP contribution in [0.5, 0.6) is 0 Å². The van der Waals surface area contributed by atoms with Gasteiger partial charge in [0.05, 0.1) is 5.56 Å². The van der Waals surface area contributed by atoms with E-state index in [0.29, 0.717) is 15.9 Å². The first-order valence-electron chi connectivity index (χ1n) is 4.63. The zero-order chi connectivity index (χ0) is 12.4. The van der Waals surface area contributed by atoms with Gasteiger partial charge in [-0.05, 0) is 41.1 Å². The van der Waals surface area contributed by atoms with E-state index in [-0.39, 0.29) is 11.9 Å². The number of benzene rings is 1. The molecule has 1 amide bonds. The third kappa shape index (κ3) is 2.92. The van der Waals surface area contributed by atoms with Gasteiger partial charge in [0.2, 0.25) is 0 Å². The molecule has 0 aliphatic heterocycles. The third-order valence-electron chi connectivity index (χ3n) is 1.92. The molecule has 0 unspecified atom stereocenters. The molecule has 2 aromatic rings. The Labute approximate surface area is 114 Å². The number of nitrogens with zero attached hydrogens (tertiary/aromatic N) is 2. The fourth-order valence-corrected chi connectivity index (χ4v) is 1.97. The van der Waals surface area contributed by atoms with Gasteiger partial charge in [0, 0.05) is 8.95 Å². The van der Waals surface area contributed by atoms with Gasteiger partial charge in [0.25, 0.3) is 5.91 Å². The number of aromatic nitrogens is 2. The molecule has 7 heteroatoms. The summed E-state index contributed by atoms with van der Waals surface area (Å²) in [5.41, 5.74) is 0.482. The van der Waals surface area contributed by atoms with Gasteiger partial charge in [-0.25, -0.2) is 0 Å². The highest BCUT2D eigenvalue weighted by molar-refractivity contribution is 9.11. The molecule has 0 fully saturated rings. The van der Waals surface area contributed by atoms with Gasteiger partial charge in [-0.15, -0.1) is 0 Å². The lowest BCUT2D eigenvalue weighted by atomic mass is 10.2. The van der Waals surface area contributed by atoms with Crippen molar-refractivity contribution in [2.24, 2.45) is 0 Å². The van der Waals surface area contributed by atoms with Gasteiger partial charge in [0.1, 0.15) is 0 Å². The topological polar surface area (TPSA) is 68.0 Å². The lowest BCUT2D eigenvalue weighted by Gasteiger charge is -2.03. The van der Waals surface area contributed by atoms with Gasteiger partial charge in [-0.3, -0.25) is 10.1 Å². The zero-order valence-corrected chi connectivity index (χ0v) is 11.9.